The summed E-state index contributed by atoms with van der Waals surface area (Å²) in [5, 5.41) is 6.36. The van der Waals surface area contributed by atoms with Crippen molar-refractivity contribution < 1.29 is 9.53 Å². The van der Waals surface area contributed by atoms with Gasteiger partial charge in [0, 0.05) is 0 Å². The van der Waals surface area contributed by atoms with E-state index < -0.39 is 5.91 Å². The van der Waals surface area contributed by atoms with Crippen LogP contribution in [0, 0.1) is 0 Å². The van der Waals surface area contributed by atoms with Gasteiger partial charge in [0.15, 0.2) is 10.9 Å². The fourth-order valence-electron chi connectivity index (χ4n) is 1.83. The number of anilines is 1. The molecule has 2 aromatic carbocycles. The summed E-state index contributed by atoms with van der Waals surface area (Å²) in [7, 11) is 1.40. The molecule has 0 atom stereocenters. The zero-order valence-electron chi connectivity index (χ0n) is 11.8. The number of benzene rings is 2. The SMILES string of the molecule is COc1c(Cl)ccc(Cl)c1C(=O)NC(=S)Nc1ccccc1Cl. The number of ether oxygens (including phenoxy) is 1. The second kappa shape index (κ2) is 7.84. The number of carbonyl (C=O) groups is 1. The van der Waals surface area contributed by atoms with Crippen molar-refractivity contribution in [2.45, 2.75) is 0 Å². The Morgan fingerprint density at radius 2 is 1.70 bits per heavy atom. The van der Waals surface area contributed by atoms with E-state index in [1.54, 1.807) is 30.3 Å². The number of carbonyl (C=O) groups excluding carboxylic acids is 1. The molecule has 0 heterocycles. The number of thiocarbonyl (C=S) groups is 1. The first-order valence-electron chi connectivity index (χ1n) is 6.33. The standard InChI is InChI=1S/C15H11Cl3N2O2S/c1-22-13-10(18)7-6-9(17)12(13)14(21)20-15(23)19-11-5-3-2-4-8(11)16/h2-7H,1H3,(H2,19,20,21,23). The van der Waals surface area contributed by atoms with Crippen molar-refractivity contribution in [2.75, 3.05) is 12.4 Å². The molecule has 0 bridgehead atoms. The van der Waals surface area contributed by atoms with Gasteiger partial charge in [-0.2, -0.15) is 0 Å². The molecule has 8 heteroatoms. The van der Waals surface area contributed by atoms with Crippen LogP contribution in [-0.4, -0.2) is 18.1 Å². The summed E-state index contributed by atoms with van der Waals surface area (Å²) in [6.45, 7) is 0. The Labute approximate surface area is 153 Å². The second-order valence-corrected chi connectivity index (χ2v) is 5.96. The molecule has 0 fully saturated rings. The maximum atomic E-state index is 12.4. The topological polar surface area (TPSA) is 50.4 Å². The van der Waals surface area contributed by atoms with Crippen LogP contribution in [0.15, 0.2) is 36.4 Å². The third kappa shape index (κ3) is 4.26. The molecule has 2 aromatic rings. The Balaban J connectivity index is 2.18. The lowest BCUT2D eigenvalue weighted by molar-refractivity contribution is 0.0975. The summed E-state index contributed by atoms with van der Waals surface area (Å²) < 4.78 is 5.14. The highest BCUT2D eigenvalue weighted by Gasteiger charge is 2.20. The van der Waals surface area contributed by atoms with E-state index in [-0.39, 0.29) is 26.5 Å². The molecule has 0 spiro atoms. The zero-order valence-corrected chi connectivity index (χ0v) is 14.9. The van der Waals surface area contributed by atoms with Gasteiger partial charge in [0.05, 0.1) is 27.9 Å². The van der Waals surface area contributed by atoms with E-state index in [4.69, 9.17) is 51.8 Å². The largest absolute Gasteiger partial charge is 0.494 e. The summed E-state index contributed by atoms with van der Waals surface area (Å²) in [5.74, 6) is -0.365. The van der Waals surface area contributed by atoms with Gasteiger partial charge in [-0.05, 0) is 36.5 Å². The van der Waals surface area contributed by atoms with Crippen molar-refractivity contribution in [3.63, 3.8) is 0 Å². The predicted molar refractivity (Wildman–Crippen MR) is 98.2 cm³/mol. The number of amides is 1. The molecular formula is C15H11Cl3N2O2S. The average Bonchev–Trinajstić information content (AvgIpc) is 2.51. The lowest BCUT2D eigenvalue weighted by Gasteiger charge is -2.14. The van der Waals surface area contributed by atoms with E-state index in [9.17, 15) is 4.79 Å². The second-order valence-electron chi connectivity index (χ2n) is 4.33. The highest BCUT2D eigenvalue weighted by atomic mass is 35.5. The van der Waals surface area contributed by atoms with Gasteiger partial charge >= 0.3 is 0 Å². The Kier molecular flexibility index (Phi) is 6.07. The quantitative estimate of drug-likeness (QED) is 0.742. The van der Waals surface area contributed by atoms with Crippen LogP contribution in [0.3, 0.4) is 0 Å². The summed E-state index contributed by atoms with van der Waals surface area (Å²) in [6, 6.07) is 10.0. The number of rotatable bonds is 3. The van der Waals surface area contributed by atoms with Gasteiger partial charge in [0.2, 0.25) is 0 Å². The van der Waals surface area contributed by atoms with Gasteiger partial charge in [-0.3, -0.25) is 10.1 Å². The number of nitrogens with one attached hydrogen (secondary N) is 2. The Bertz CT molecular complexity index is 768. The number of hydrogen-bond acceptors (Lipinski definition) is 3. The molecular weight excluding hydrogens is 379 g/mol. The number of para-hydroxylation sites is 1. The summed E-state index contributed by atoms with van der Waals surface area (Å²) in [5.41, 5.74) is 0.675. The summed E-state index contributed by atoms with van der Waals surface area (Å²) in [4.78, 5) is 12.4. The highest BCUT2D eigenvalue weighted by Crippen LogP contribution is 2.33. The smallest absolute Gasteiger partial charge is 0.262 e. The zero-order chi connectivity index (χ0) is 17.0. The van der Waals surface area contributed by atoms with Gasteiger partial charge in [-0.25, -0.2) is 0 Å². The minimum absolute atomic E-state index is 0.0706. The van der Waals surface area contributed by atoms with Gasteiger partial charge in [0.1, 0.15) is 5.56 Å². The van der Waals surface area contributed by atoms with Crippen molar-refractivity contribution >= 4 is 63.7 Å². The van der Waals surface area contributed by atoms with Crippen molar-refractivity contribution in [1.29, 1.82) is 0 Å². The molecule has 2 rings (SSSR count). The molecule has 2 N–H and O–H groups in total. The van der Waals surface area contributed by atoms with Crippen LogP contribution in [0.1, 0.15) is 10.4 Å². The molecule has 23 heavy (non-hydrogen) atoms. The van der Waals surface area contributed by atoms with E-state index in [1.165, 1.54) is 13.2 Å². The average molecular weight is 390 g/mol. The Morgan fingerprint density at radius 1 is 1.04 bits per heavy atom. The molecule has 0 aromatic heterocycles. The van der Waals surface area contributed by atoms with Crippen LogP contribution in [-0.2, 0) is 0 Å². The molecule has 0 saturated heterocycles. The number of methoxy groups -OCH3 is 1. The molecule has 0 aliphatic carbocycles. The van der Waals surface area contributed by atoms with E-state index in [0.29, 0.717) is 10.7 Å². The van der Waals surface area contributed by atoms with E-state index >= 15 is 0 Å². The van der Waals surface area contributed by atoms with Gasteiger partial charge in [0.25, 0.3) is 5.91 Å². The Morgan fingerprint density at radius 3 is 2.35 bits per heavy atom. The molecule has 0 unspecified atom stereocenters. The van der Waals surface area contributed by atoms with Crippen LogP contribution >= 0.6 is 47.0 Å². The van der Waals surface area contributed by atoms with E-state index in [1.807, 2.05) is 0 Å². The third-order valence-electron chi connectivity index (χ3n) is 2.84. The number of halogens is 3. The van der Waals surface area contributed by atoms with Gasteiger partial charge in [-0.1, -0.05) is 46.9 Å². The first-order valence-corrected chi connectivity index (χ1v) is 7.87. The van der Waals surface area contributed by atoms with Crippen LogP contribution in [0.5, 0.6) is 5.75 Å². The van der Waals surface area contributed by atoms with Crippen molar-refractivity contribution in [3.8, 4) is 5.75 Å². The van der Waals surface area contributed by atoms with Gasteiger partial charge < -0.3 is 10.1 Å². The summed E-state index contributed by atoms with van der Waals surface area (Å²) >= 11 is 23.2. The van der Waals surface area contributed by atoms with Crippen molar-refractivity contribution in [1.82, 2.24) is 5.32 Å². The van der Waals surface area contributed by atoms with E-state index in [0.717, 1.165) is 0 Å². The van der Waals surface area contributed by atoms with Crippen molar-refractivity contribution in [3.05, 3.63) is 57.0 Å². The maximum Gasteiger partial charge on any atom is 0.262 e. The van der Waals surface area contributed by atoms with Crippen LogP contribution in [0.4, 0.5) is 5.69 Å². The molecule has 4 nitrogen and oxygen atoms in total. The fourth-order valence-corrected chi connectivity index (χ4v) is 2.68. The number of hydrogen-bond donors (Lipinski definition) is 2. The van der Waals surface area contributed by atoms with E-state index in [2.05, 4.69) is 10.6 Å². The molecule has 0 saturated carbocycles. The minimum atomic E-state index is -0.543. The maximum absolute atomic E-state index is 12.4. The van der Waals surface area contributed by atoms with Crippen molar-refractivity contribution in [2.24, 2.45) is 0 Å². The lowest BCUT2D eigenvalue weighted by Crippen LogP contribution is -2.34. The molecule has 0 radical (unpaired) electrons. The predicted octanol–water partition coefficient (Wildman–Crippen LogP) is 4.78. The summed E-state index contributed by atoms with van der Waals surface area (Å²) in [6.07, 6.45) is 0. The highest BCUT2D eigenvalue weighted by molar-refractivity contribution is 7.80. The fraction of sp³-hybridized carbons (Fsp3) is 0.0667. The Hall–Kier alpha value is -1.53. The normalized spacial score (nSPS) is 10.1. The van der Waals surface area contributed by atoms with Crippen LogP contribution in [0.2, 0.25) is 15.1 Å². The minimum Gasteiger partial charge on any atom is -0.494 e. The molecule has 0 aliphatic heterocycles. The first kappa shape index (κ1) is 17.8. The van der Waals surface area contributed by atoms with Gasteiger partial charge in [-0.15, -0.1) is 0 Å². The monoisotopic (exact) mass is 388 g/mol. The first-order chi connectivity index (χ1) is 10.9. The molecule has 1 amide bonds. The van der Waals surface area contributed by atoms with Crippen LogP contribution < -0.4 is 15.4 Å². The molecule has 120 valence electrons. The molecule has 0 aliphatic rings. The lowest BCUT2D eigenvalue weighted by atomic mass is 10.2. The van der Waals surface area contributed by atoms with Crippen LogP contribution in [0.25, 0.3) is 0 Å². The third-order valence-corrected chi connectivity index (χ3v) is 3.99.